The lowest BCUT2D eigenvalue weighted by atomic mass is 9.93. The smallest absolute Gasteiger partial charge is 0.224 e. The Bertz CT molecular complexity index is 592. The molecule has 0 aliphatic carbocycles. The third kappa shape index (κ3) is 2.45. The second-order valence-corrected chi connectivity index (χ2v) is 5.48. The Morgan fingerprint density at radius 3 is 3.00 bits per heavy atom. The van der Waals surface area contributed by atoms with Crippen LogP contribution in [0.1, 0.15) is 13.8 Å². The lowest BCUT2D eigenvalue weighted by Crippen LogP contribution is -2.37. The first-order chi connectivity index (χ1) is 8.40. The van der Waals surface area contributed by atoms with Gasteiger partial charge in [-0.05, 0) is 29.8 Å². The Kier molecular flexibility index (Phi) is 3.25. The molecule has 6 nitrogen and oxygen atoms in total. The number of carbonyl (C=O) groups is 1. The van der Waals surface area contributed by atoms with Crippen LogP contribution in [0.5, 0.6) is 0 Å². The number of nitrogens with two attached hydrogens (primary N) is 1. The monoisotopic (exact) mass is 311 g/mol. The molecule has 0 fully saturated rings. The standard InChI is InChI=1S/C11H14BrN5O/c1-11(2,10(13)18)6-15-8-9-14-3-4-17(9)5-7(12)16-8/h3-5H,6H2,1-2H3,(H2,13,18)(H,15,16). The number of amides is 1. The minimum Gasteiger partial charge on any atom is -0.369 e. The van der Waals surface area contributed by atoms with E-state index in [1.807, 2.05) is 16.8 Å². The summed E-state index contributed by atoms with van der Waals surface area (Å²) in [7, 11) is 0. The fourth-order valence-electron chi connectivity index (χ4n) is 1.41. The number of nitrogens with one attached hydrogen (secondary N) is 1. The van der Waals surface area contributed by atoms with E-state index in [0.29, 0.717) is 22.6 Å². The van der Waals surface area contributed by atoms with Gasteiger partial charge in [0, 0.05) is 25.1 Å². The van der Waals surface area contributed by atoms with Crippen molar-refractivity contribution in [2.45, 2.75) is 13.8 Å². The van der Waals surface area contributed by atoms with Crippen molar-refractivity contribution in [1.29, 1.82) is 0 Å². The summed E-state index contributed by atoms with van der Waals surface area (Å²) in [6.07, 6.45) is 5.33. The lowest BCUT2D eigenvalue weighted by molar-refractivity contribution is -0.125. The number of primary amides is 1. The number of hydrogen-bond acceptors (Lipinski definition) is 4. The topological polar surface area (TPSA) is 85.3 Å². The van der Waals surface area contributed by atoms with Crippen LogP contribution in [0, 0.1) is 5.41 Å². The molecule has 1 amide bonds. The maximum atomic E-state index is 11.3. The highest BCUT2D eigenvalue weighted by molar-refractivity contribution is 9.10. The molecule has 7 heteroatoms. The molecule has 0 unspecified atom stereocenters. The van der Waals surface area contributed by atoms with Crippen molar-refractivity contribution in [3.05, 3.63) is 23.2 Å². The van der Waals surface area contributed by atoms with Gasteiger partial charge in [0.05, 0.1) is 5.41 Å². The zero-order chi connectivity index (χ0) is 13.3. The Hall–Kier alpha value is -1.63. The van der Waals surface area contributed by atoms with Gasteiger partial charge in [0.1, 0.15) is 4.60 Å². The molecule has 2 rings (SSSR count). The molecule has 0 atom stereocenters. The van der Waals surface area contributed by atoms with Gasteiger partial charge in [-0.15, -0.1) is 0 Å². The number of imidazole rings is 1. The summed E-state index contributed by atoms with van der Waals surface area (Å²) in [5, 5.41) is 3.11. The average molecular weight is 312 g/mol. The minimum absolute atomic E-state index is 0.357. The maximum Gasteiger partial charge on any atom is 0.224 e. The summed E-state index contributed by atoms with van der Waals surface area (Å²) >= 11 is 3.33. The van der Waals surface area contributed by atoms with E-state index in [-0.39, 0.29) is 5.91 Å². The molecule has 0 aliphatic heterocycles. The molecule has 2 heterocycles. The van der Waals surface area contributed by atoms with Crippen molar-refractivity contribution in [1.82, 2.24) is 14.4 Å². The number of carbonyl (C=O) groups excluding carboxylic acids is 1. The lowest BCUT2D eigenvalue weighted by Gasteiger charge is -2.21. The van der Waals surface area contributed by atoms with Crippen molar-refractivity contribution in [2.24, 2.45) is 11.1 Å². The van der Waals surface area contributed by atoms with Gasteiger partial charge < -0.3 is 15.5 Å². The number of anilines is 1. The van der Waals surface area contributed by atoms with E-state index in [0.717, 1.165) is 0 Å². The van der Waals surface area contributed by atoms with Crippen molar-refractivity contribution < 1.29 is 4.79 Å². The Balaban J connectivity index is 2.27. The second kappa shape index (κ2) is 4.56. The fourth-order valence-corrected chi connectivity index (χ4v) is 1.81. The van der Waals surface area contributed by atoms with Crippen LogP contribution in [-0.2, 0) is 4.79 Å². The molecule has 0 aromatic carbocycles. The molecule has 3 N–H and O–H groups in total. The number of rotatable bonds is 4. The van der Waals surface area contributed by atoms with Gasteiger partial charge in [-0.1, -0.05) is 0 Å². The largest absolute Gasteiger partial charge is 0.369 e. The van der Waals surface area contributed by atoms with Crippen molar-refractivity contribution >= 4 is 33.3 Å². The molecule has 2 aromatic heterocycles. The molecule has 96 valence electrons. The van der Waals surface area contributed by atoms with Gasteiger partial charge in [0.25, 0.3) is 0 Å². The summed E-state index contributed by atoms with van der Waals surface area (Å²) in [6.45, 7) is 3.96. The van der Waals surface area contributed by atoms with Crippen LogP contribution in [0.25, 0.3) is 5.65 Å². The zero-order valence-electron chi connectivity index (χ0n) is 10.1. The number of halogens is 1. The quantitative estimate of drug-likeness (QED) is 0.894. The molecular formula is C11H14BrN5O. The van der Waals surface area contributed by atoms with Crippen LogP contribution in [0.3, 0.4) is 0 Å². The molecule has 0 saturated heterocycles. The highest BCUT2D eigenvalue weighted by Crippen LogP contribution is 2.20. The highest BCUT2D eigenvalue weighted by Gasteiger charge is 2.25. The van der Waals surface area contributed by atoms with Crippen LogP contribution in [0.4, 0.5) is 5.82 Å². The van der Waals surface area contributed by atoms with Crippen molar-refractivity contribution in [3.8, 4) is 0 Å². The first kappa shape index (κ1) is 12.8. The minimum atomic E-state index is -0.645. The van der Waals surface area contributed by atoms with E-state index in [9.17, 15) is 4.79 Å². The third-order valence-corrected chi connectivity index (χ3v) is 3.09. The highest BCUT2D eigenvalue weighted by atomic mass is 79.9. The van der Waals surface area contributed by atoms with E-state index in [2.05, 4.69) is 31.2 Å². The normalized spacial score (nSPS) is 11.7. The van der Waals surface area contributed by atoms with Crippen molar-refractivity contribution in [2.75, 3.05) is 11.9 Å². The van der Waals surface area contributed by atoms with Gasteiger partial charge in [-0.2, -0.15) is 0 Å². The van der Waals surface area contributed by atoms with Crippen LogP contribution < -0.4 is 11.1 Å². The van der Waals surface area contributed by atoms with Crippen LogP contribution >= 0.6 is 15.9 Å². The molecule has 0 spiro atoms. The summed E-state index contributed by atoms with van der Waals surface area (Å²) in [6, 6.07) is 0. The number of hydrogen-bond donors (Lipinski definition) is 2. The SMILES string of the molecule is CC(C)(CNc1nc(Br)cn2ccnc12)C(N)=O. The van der Waals surface area contributed by atoms with E-state index in [4.69, 9.17) is 5.73 Å². The molecular weight excluding hydrogens is 298 g/mol. The second-order valence-electron chi connectivity index (χ2n) is 4.67. The van der Waals surface area contributed by atoms with E-state index in [1.165, 1.54) is 0 Å². The van der Waals surface area contributed by atoms with Gasteiger partial charge in [0.15, 0.2) is 11.5 Å². The fraction of sp³-hybridized carbons (Fsp3) is 0.364. The van der Waals surface area contributed by atoms with E-state index >= 15 is 0 Å². The van der Waals surface area contributed by atoms with Gasteiger partial charge >= 0.3 is 0 Å². The number of aromatic nitrogens is 3. The van der Waals surface area contributed by atoms with Crippen LogP contribution in [-0.4, -0.2) is 26.8 Å². The Morgan fingerprint density at radius 1 is 1.61 bits per heavy atom. The van der Waals surface area contributed by atoms with Crippen LogP contribution in [0.2, 0.25) is 0 Å². The first-order valence-electron chi connectivity index (χ1n) is 5.43. The summed E-state index contributed by atoms with van der Waals surface area (Å²) in [5.74, 6) is 0.257. The van der Waals surface area contributed by atoms with Gasteiger partial charge in [-0.25, -0.2) is 9.97 Å². The summed E-state index contributed by atoms with van der Waals surface area (Å²) < 4.78 is 2.53. The zero-order valence-corrected chi connectivity index (χ0v) is 11.7. The third-order valence-electron chi connectivity index (χ3n) is 2.71. The Labute approximate surface area is 113 Å². The molecule has 0 saturated carbocycles. The predicted molar refractivity (Wildman–Crippen MR) is 72.2 cm³/mol. The Morgan fingerprint density at radius 2 is 2.33 bits per heavy atom. The van der Waals surface area contributed by atoms with E-state index < -0.39 is 5.41 Å². The maximum absolute atomic E-state index is 11.3. The summed E-state index contributed by atoms with van der Waals surface area (Å²) in [4.78, 5) is 19.8. The number of fused-ring (bicyclic) bond motifs is 1. The number of nitrogens with zero attached hydrogens (tertiary/aromatic N) is 3. The molecule has 0 bridgehead atoms. The van der Waals surface area contributed by atoms with E-state index in [1.54, 1.807) is 20.0 Å². The molecule has 0 aliphatic rings. The average Bonchev–Trinajstić information content (AvgIpc) is 2.73. The first-order valence-corrected chi connectivity index (χ1v) is 6.22. The summed E-state index contributed by atoms with van der Waals surface area (Å²) in [5.41, 5.74) is 5.39. The van der Waals surface area contributed by atoms with Gasteiger partial charge in [0.2, 0.25) is 5.91 Å². The van der Waals surface area contributed by atoms with Crippen molar-refractivity contribution in [3.63, 3.8) is 0 Å². The van der Waals surface area contributed by atoms with Crippen LogP contribution in [0.15, 0.2) is 23.2 Å². The predicted octanol–water partition coefficient (Wildman–Crippen LogP) is 1.42. The molecule has 0 radical (unpaired) electrons. The molecule has 18 heavy (non-hydrogen) atoms. The van der Waals surface area contributed by atoms with Gasteiger partial charge in [-0.3, -0.25) is 4.79 Å². The molecule has 2 aromatic rings.